The van der Waals surface area contributed by atoms with E-state index in [0.29, 0.717) is 6.04 Å². The number of nitrogens with one attached hydrogen (secondary N) is 2. The van der Waals surface area contributed by atoms with E-state index in [-0.39, 0.29) is 28.6 Å². The lowest BCUT2D eigenvalue weighted by atomic mass is 9.88. The van der Waals surface area contributed by atoms with Gasteiger partial charge in [-0.15, -0.1) is 0 Å². The molecule has 0 aliphatic carbocycles. The van der Waals surface area contributed by atoms with Crippen LogP contribution < -0.4 is 10.6 Å². The lowest BCUT2D eigenvalue weighted by Gasteiger charge is -2.19. The summed E-state index contributed by atoms with van der Waals surface area (Å²) in [5.41, 5.74) is 0.0898. The van der Waals surface area contributed by atoms with E-state index >= 15 is 0 Å². The van der Waals surface area contributed by atoms with Crippen molar-refractivity contribution in [3.8, 4) is 0 Å². The molecule has 1 aromatic carbocycles. The van der Waals surface area contributed by atoms with Gasteiger partial charge in [-0.25, -0.2) is 4.39 Å². The molecule has 0 aromatic heterocycles. The van der Waals surface area contributed by atoms with Crippen molar-refractivity contribution < 1.29 is 9.18 Å². The summed E-state index contributed by atoms with van der Waals surface area (Å²) in [6.45, 7) is 0. The maximum atomic E-state index is 13.6. The molecule has 2 N–H and O–H groups in total. The maximum absolute atomic E-state index is 13.6. The first-order chi connectivity index (χ1) is 8.65. The summed E-state index contributed by atoms with van der Waals surface area (Å²) in [7, 11) is 0. The number of hydrogen-bond acceptors (Lipinski definition) is 2. The molecule has 3 atom stereocenters. The van der Waals surface area contributed by atoms with Crippen molar-refractivity contribution in [3.63, 3.8) is 0 Å². The first-order valence-electron chi connectivity index (χ1n) is 6.16. The molecule has 2 fully saturated rings. The van der Waals surface area contributed by atoms with E-state index in [2.05, 4.69) is 10.6 Å². The van der Waals surface area contributed by atoms with Gasteiger partial charge in [-0.2, -0.15) is 0 Å². The molecule has 0 spiro atoms. The van der Waals surface area contributed by atoms with Crippen LogP contribution in [-0.2, 0) is 4.79 Å². The minimum atomic E-state index is -0.494. The minimum absolute atomic E-state index is 0.0700. The molecule has 18 heavy (non-hydrogen) atoms. The number of hydrogen-bond donors (Lipinski definition) is 2. The molecule has 2 aliphatic rings. The highest BCUT2D eigenvalue weighted by atomic mass is 35.5. The maximum Gasteiger partial charge on any atom is 0.229 e. The molecule has 2 heterocycles. The first kappa shape index (κ1) is 11.9. The monoisotopic (exact) mass is 268 g/mol. The van der Waals surface area contributed by atoms with Gasteiger partial charge in [0.15, 0.2) is 0 Å². The molecule has 2 saturated heterocycles. The Kier molecular flexibility index (Phi) is 2.99. The quantitative estimate of drug-likeness (QED) is 0.866. The van der Waals surface area contributed by atoms with Gasteiger partial charge in [-0.3, -0.25) is 4.79 Å². The Bertz CT molecular complexity index is 474. The molecule has 3 unspecified atom stereocenters. The van der Waals surface area contributed by atoms with Gasteiger partial charge in [0.25, 0.3) is 0 Å². The van der Waals surface area contributed by atoms with Gasteiger partial charge in [-0.05, 0) is 31.4 Å². The van der Waals surface area contributed by atoms with Crippen molar-refractivity contribution in [2.24, 2.45) is 5.92 Å². The van der Waals surface area contributed by atoms with E-state index in [9.17, 15) is 9.18 Å². The molecule has 0 saturated carbocycles. The second-order valence-corrected chi connectivity index (χ2v) is 5.38. The van der Waals surface area contributed by atoms with E-state index in [1.807, 2.05) is 0 Å². The lowest BCUT2D eigenvalue weighted by Crippen LogP contribution is -2.33. The minimum Gasteiger partial charge on any atom is -0.322 e. The highest BCUT2D eigenvalue weighted by molar-refractivity contribution is 6.33. The number of fused-ring (bicyclic) bond motifs is 2. The normalized spacial score (nSPS) is 29.6. The average molecular weight is 269 g/mol. The number of benzene rings is 1. The van der Waals surface area contributed by atoms with Crippen LogP contribution in [0.2, 0.25) is 5.02 Å². The second kappa shape index (κ2) is 4.52. The number of halogens is 2. The Hall–Kier alpha value is -1.13. The fourth-order valence-corrected chi connectivity index (χ4v) is 3.16. The summed E-state index contributed by atoms with van der Waals surface area (Å²) in [6, 6.07) is 5.06. The smallest absolute Gasteiger partial charge is 0.229 e. The average Bonchev–Trinajstić information content (AvgIpc) is 2.96. The zero-order valence-corrected chi connectivity index (χ0v) is 10.5. The van der Waals surface area contributed by atoms with Crippen molar-refractivity contribution in [2.75, 3.05) is 5.32 Å². The summed E-state index contributed by atoms with van der Waals surface area (Å²) in [5.74, 6) is -0.701. The Morgan fingerprint density at radius 3 is 2.89 bits per heavy atom. The molecule has 1 aromatic rings. The third-order valence-electron chi connectivity index (χ3n) is 3.85. The Morgan fingerprint density at radius 1 is 1.44 bits per heavy atom. The number of anilines is 1. The molecule has 3 nitrogen and oxygen atoms in total. The predicted octanol–water partition coefficient (Wildman–Crippen LogP) is 2.56. The summed E-state index contributed by atoms with van der Waals surface area (Å²) in [5, 5.41) is 6.24. The number of para-hydroxylation sites is 1. The fourth-order valence-electron chi connectivity index (χ4n) is 2.95. The summed E-state index contributed by atoms with van der Waals surface area (Å²) in [6.07, 6.45) is 2.99. The highest BCUT2D eigenvalue weighted by Gasteiger charge is 2.42. The van der Waals surface area contributed by atoms with Gasteiger partial charge in [0, 0.05) is 12.1 Å². The largest absolute Gasteiger partial charge is 0.322 e. The summed E-state index contributed by atoms with van der Waals surface area (Å²) in [4.78, 5) is 12.1. The van der Waals surface area contributed by atoms with Crippen LogP contribution in [0, 0.1) is 11.7 Å². The van der Waals surface area contributed by atoms with Gasteiger partial charge >= 0.3 is 0 Å². The van der Waals surface area contributed by atoms with Crippen molar-refractivity contribution in [1.82, 2.24) is 5.32 Å². The predicted molar refractivity (Wildman–Crippen MR) is 68.1 cm³/mol. The number of rotatable bonds is 2. The van der Waals surface area contributed by atoms with Crippen LogP contribution in [0.5, 0.6) is 0 Å². The third kappa shape index (κ3) is 1.99. The van der Waals surface area contributed by atoms with Crippen LogP contribution in [-0.4, -0.2) is 18.0 Å². The van der Waals surface area contributed by atoms with Gasteiger partial charge in [-0.1, -0.05) is 17.7 Å². The van der Waals surface area contributed by atoms with Crippen LogP contribution in [0.15, 0.2) is 18.2 Å². The van der Waals surface area contributed by atoms with Crippen LogP contribution in [0.1, 0.15) is 19.3 Å². The number of amides is 1. The first-order valence-corrected chi connectivity index (χ1v) is 6.54. The van der Waals surface area contributed by atoms with Gasteiger partial charge in [0.2, 0.25) is 5.91 Å². The molecule has 2 aliphatic heterocycles. The second-order valence-electron chi connectivity index (χ2n) is 4.98. The van der Waals surface area contributed by atoms with Crippen molar-refractivity contribution in [1.29, 1.82) is 0 Å². The molecular weight excluding hydrogens is 255 g/mol. The molecular formula is C13H14ClFN2O. The van der Waals surface area contributed by atoms with Crippen molar-refractivity contribution >= 4 is 23.2 Å². The molecule has 5 heteroatoms. The van der Waals surface area contributed by atoms with Crippen molar-refractivity contribution in [3.05, 3.63) is 29.0 Å². The number of carbonyl (C=O) groups excluding carboxylic acids is 1. The molecule has 0 radical (unpaired) electrons. The van der Waals surface area contributed by atoms with Crippen molar-refractivity contribution in [2.45, 2.75) is 31.3 Å². The lowest BCUT2D eigenvalue weighted by molar-refractivity contribution is -0.120. The van der Waals surface area contributed by atoms with E-state index < -0.39 is 5.82 Å². The SMILES string of the molecule is O=C(Nc1c(F)cccc1Cl)C1CC2CCC1N2. The Balaban J connectivity index is 1.75. The van der Waals surface area contributed by atoms with Gasteiger partial charge < -0.3 is 10.6 Å². The van der Waals surface area contributed by atoms with E-state index in [4.69, 9.17) is 11.6 Å². The van der Waals surface area contributed by atoms with E-state index in [1.54, 1.807) is 6.07 Å². The van der Waals surface area contributed by atoms with E-state index in [1.165, 1.54) is 12.1 Å². The third-order valence-corrected chi connectivity index (χ3v) is 4.16. The highest BCUT2D eigenvalue weighted by Crippen LogP contribution is 2.34. The van der Waals surface area contributed by atoms with Crippen LogP contribution in [0.4, 0.5) is 10.1 Å². The molecule has 3 rings (SSSR count). The fraction of sp³-hybridized carbons (Fsp3) is 0.462. The summed E-state index contributed by atoms with van der Waals surface area (Å²) >= 11 is 5.89. The van der Waals surface area contributed by atoms with Gasteiger partial charge in [0.1, 0.15) is 5.82 Å². The topological polar surface area (TPSA) is 41.1 Å². The van der Waals surface area contributed by atoms with E-state index in [0.717, 1.165) is 19.3 Å². The van der Waals surface area contributed by atoms with Crippen LogP contribution in [0.25, 0.3) is 0 Å². The molecule has 2 bridgehead atoms. The zero-order valence-electron chi connectivity index (χ0n) is 9.75. The molecule has 1 amide bonds. The Labute approximate surface area is 110 Å². The standard InChI is InChI=1S/C13H14ClFN2O/c14-9-2-1-3-10(15)12(9)17-13(18)8-6-7-4-5-11(8)16-7/h1-3,7-8,11,16H,4-6H2,(H,17,18). The van der Waals surface area contributed by atoms with Crippen LogP contribution in [0.3, 0.4) is 0 Å². The Morgan fingerprint density at radius 2 is 2.28 bits per heavy atom. The summed E-state index contributed by atoms with van der Waals surface area (Å²) < 4.78 is 13.6. The van der Waals surface area contributed by atoms with Crippen LogP contribution >= 0.6 is 11.6 Å². The van der Waals surface area contributed by atoms with Gasteiger partial charge in [0.05, 0.1) is 16.6 Å². The zero-order chi connectivity index (χ0) is 12.7. The molecule has 96 valence electrons. The number of carbonyl (C=O) groups is 1.